The normalized spacial score (nSPS) is 12.1. The monoisotopic (exact) mass is 430 g/mol. The second-order valence-electron chi connectivity index (χ2n) is 7.83. The predicted molar refractivity (Wildman–Crippen MR) is 129 cm³/mol. The lowest BCUT2D eigenvalue weighted by Crippen LogP contribution is -2.27. The molecule has 0 aliphatic rings. The Bertz CT molecular complexity index is 1150. The lowest BCUT2D eigenvalue weighted by Gasteiger charge is -2.18. The van der Waals surface area contributed by atoms with E-state index < -0.39 is 0 Å². The maximum Gasteiger partial charge on any atom is 0.220 e. The molecule has 0 saturated heterocycles. The van der Waals surface area contributed by atoms with E-state index in [1.807, 2.05) is 42.5 Å². The van der Waals surface area contributed by atoms with Gasteiger partial charge in [-0.1, -0.05) is 79.2 Å². The number of halogens is 1. The highest BCUT2D eigenvalue weighted by Gasteiger charge is 2.22. The molecular weight excluding hydrogens is 404 g/mol. The molecule has 0 aliphatic carbocycles. The molecular formula is C27H27ClN2O. The van der Waals surface area contributed by atoms with E-state index in [4.69, 9.17) is 11.6 Å². The van der Waals surface area contributed by atoms with Crippen LogP contribution in [0.1, 0.15) is 41.5 Å². The number of rotatable bonds is 8. The van der Waals surface area contributed by atoms with Crippen LogP contribution in [0, 0.1) is 0 Å². The van der Waals surface area contributed by atoms with E-state index in [0.29, 0.717) is 18.0 Å². The fraction of sp³-hybridized carbons (Fsp3) is 0.222. The fourth-order valence-corrected chi connectivity index (χ4v) is 4.30. The minimum absolute atomic E-state index is 0.0464. The van der Waals surface area contributed by atoms with Gasteiger partial charge >= 0.3 is 0 Å². The third-order valence-corrected chi connectivity index (χ3v) is 6.08. The summed E-state index contributed by atoms with van der Waals surface area (Å²) in [6.07, 6.45) is 4.23. The molecule has 4 heteroatoms. The molecule has 158 valence electrons. The highest BCUT2D eigenvalue weighted by molar-refractivity contribution is 6.30. The Balaban J connectivity index is 1.57. The lowest BCUT2D eigenvalue weighted by molar-refractivity contribution is -0.121. The van der Waals surface area contributed by atoms with Gasteiger partial charge in [-0.25, -0.2) is 0 Å². The highest BCUT2D eigenvalue weighted by Crippen LogP contribution is 2.35. The maximum absolute atomic E-state index is 12.9. The van der Waals surface area contributed by atoms with Crippen molar-refractivity contribution in [1.82, 2.24) is 10.3 Å². The van der Waals surface area contributed by atoms with Gasteiger partial charge in [0.05, 0.1) is 0 Å². The molecule has 3 nitrogen and oxygen atoms in total. The van der Waals surface area contributed by atoms with Crippen LogP contribution in [-0.2, 0) is 17.6 Å². The van der Waals surface area contributed by atoms with Crippen molar-refractivity contribution in [3.63, 3.8) is 0 Å². The SMILES string of the molecule is CCc1cccc2c(C(CC(=O)NCCc3ccccc3)c3ccc(Cl)cc3)c[nH]c12. The molecule has 0 saturated carbocycles. The number of hydrogen-bond acceptors (Lipinski definition) is 1. The smallest absolute Gasteiger partial charge is 0.220 e. The minimum atomic E-state index is -0.0464. The third-order valence-electron chi connectivity index (χ3n) is 5.83. The Hall–Kier alpha value is -3.04. The lowest BCUT2D eigenvalue weighted by atomic mass is 9.87. The van der Waals surface area contributed by atoms with Gasteiger partial charge in [0.15, 0.2) is 0 Å². The number of aromatic amines is 1. The Morgan fingerprint density at radius 1 is 1.00 bits per heavy atom. The molecule has 0 aliphatic heterocycles. The average molecular weight is 431 g/mol. The molecule has 0 fully saturated rings. The second kappa shape index (κ2) is 9.84. The summed E-state index contributed by atoms with van der Waals surface area (Å²) >= 11 is 6.12. The molecule has 1 aromatic heterocycles. The maximum atomic E-state index is 12.9. The molecule has 1 amide bonds. The first-order valence-corrected chi connectivity index (χ1v) is 11.2. The van der Waals surface area contributed by atoms with Gasteiger partial charge in [-0.2, -0.15) is 0 Å². The van der Waals surface area contributed by atoms with Gasteiger partial charge in [0.1, 0.15) is 0 Å². The summed E-state index contributed by atoms with van der Waals surface area (Å²) in [5, 5.41) is 4.97. The van der Waals surface area contributed by atoms with Gasteiger partial charge in [-0.15, -0.1) is 0 Å². The fourth-order valence-electron chi connectivity index (χ4n) is 4.17. The van der Waals surface area contributed by atoms with Crippen LogP contribution >= 0.6 is 11.6 Å². The van der Waals surface area contributed by atoms with Gasteiger partial charge in [0, 0.05) is 41.0 Å². The molecule has 0 spiro atoms. The van der Waals surface area contributed by atoms with Gasteiger partial charge in [-0.3, -0.25) is 4.79 Å². The molecule has 2 N–H and O–H groups in total. The summed E-state index contributed by atoms with van der Waals surface area (Å²) in [6, 6.07) is 24.4. The van der Waals surface area contributed by atoms with Crippen LogP contribution in [-0.4, -0.2) is 17.4 Å². The zero-order chi connectivity index (χ0) is 21.6. The van der Waals surface area contributed by atoms with E-state index >= 15 is 0 Å². The van der Waals surface area contributed by atoms with E-state index in [2.05, 4.69) is 53.8 Å². The number of benzene rings is 3. The Morgan fingerprint density at radius 3 is 2.52 bits per heavy atom. The van der Waals surface area contributed by atoms with Crippen molar-refractivity contribution < 1.29 is 4.79 Å². The van der Waals surface area contributed by atoms with E-state index in [1.54, 1.807) is 0 Å². The van der Waals surface area contributed by atoms with Crippen LogP contribution < -0.4 is 5.32 Å². The molecule has 31 heavy (non-hydrogen) atoms. The number of amides is 1. The van der Waals surface area contributed by atoms with Crippen LogP contribution in [0.3, 0.4) is 0 Å². The van der Waals surface area contributed by atoms with Crippen molar-refractivity contribution in [2.75, 3.05) is 6.54 Å². The topological polar surface area (TPSA) is 44.9 Å². The van der Waals surface area contributed by atoms with Gasteiger partial charge in [-0.05, 0) is 47.2 Å². The number of carbonyl (C=O) groups excluding carboxylic acids is 1. The number of para-hydroxylation sites is 1. The summed E-state index contributed by atoms with van der Waals surface area (Å²) in [5.74, 6) is 0.00623. The largest absolute Gasteiger partial charge is 0.361 e. The zero-order valence-electron chi connectivity index (χ0n) is 17.7. The van der Waals surface area contributed by atoms with Crippen LogP contribution in [0.25, 0.3) is 10.9 Å². The Kier molecular flexibility index (Phi) is 6.73. The van der Waals surface area contributed by atoms with E-state index in [9.17, 15) is 4.79 Å². The van der Waals surface area contributed by atoms with E-state index in [0.717, 1.165) is 29.5 Å². The second-order valence-corrected chi connectivity index (χ2v) is 8.27. The number of fused-ring (bicyclic) bond motifs is 1. The minimum Gasteiger partial charge on any atom is -0.361 e. The highest BCUT2D eigenvalue weighted by atomic mass is 35.5. The molecule has 3 aromatic carbocycles. The van der Waals surface area contributed by atoms with Crippen LogP contribution in [0.2, 0.25) is 5.02 Å². The Morgan fingerprint density at radius 2 is 1.77 bits per heavy atom. The summed E-state index contributed by atoms with van der Waals surface area (Å²) in [7, 11) is 0. The number of carbonyl (C=O) groups is 1. The zero-order valence-corrected chi connectivity index (χ0v) is 18.5. The van der Waals surface area contributed by atoms with Gasteiger partial charge in [0.25, 0.3) is 0 Å². The van der Waals surface area contributed by atoms with Crippen LogP contribution in [0.4, 0.5) is 0 Å². The third kappa shape index (κ3) is 5.00. The molecule has 1 atom stereocenters. The van der Waals surface area contributed by atoms with Crippen LogP contribution in [0.5, 0.6) is 0 Å². The number of aryl methyl sites for hydroxylation is 1. The van der Waals surface area contributed by atoms with Crippen molar-refractivity contribution in [2.45, 2.75) is 32.1 Å². The number of hydrogen-bond donors (Lipinski definition) is 2. The molecule has 1 unspecified atom stereocenters. The first-order chi connectivity index (χ1) is 15.2. The number of nitrogens with one attached hydrogen (secondary N) is 2. The van der Waals surface area contributed by atoms with Gasteiger partial charge in [0.2, 0.25) is 5.91 Å². The summed E-state index contributed by atoms with van der Waals surface area (Å²) in [4.78, 5) is 16.3. The van der Waals surface area contributed by atoms with Crippen molar-refractivity contribution in [3.8, 4) is 0 Å². The Labute approximate surface area is 188 Å². The molecule has 4 aromatic rings. The molecule has 4 rings (SSSR count). The van der Waals surface area contributed by atoms with Crippen molar-refractivity contribution in [1.29, 1.82) is 0 Å². The molecule has 1 heterocycles. The molecule has 0 bridgehead atoms. The van der Waals surface area contributed by atoms with Crippen molar-refractivity contribution >= 4 is 28.4 Å². The van der Waals surface area contributed by atoms with Crippen LogP contribution in [0.15, 0.2) is 79.0 Å². The van der Waals surface area contributed by atoms with Crippen molar-refractivity contribution in [3.05, 3.63) is 106 Å². The average Bonchev–Trinajstić information content (AvgIpc) is 3.23. The van der Waals surface area contributed by atoms with E-state index in [-0.39, 0.29) is 11.8 Å². The number of H-pyrrole nitrogens is 1. The predicted octanol–water partition coefficient (Wildman–Crippen LogP) is 6.26. The summed E-state index contributed by atoms with van der Waals surface area (Å²) in [5.41, 5.74) is 5.89. The first-order valence-electron chi connectivity index (χ1n) is 10.8. The van der Waals surface area contributed by atoms with E-state index in [1.165, 1.54) is 16.5 Å². The first kappa shape index (κ1) is 21.2. The van der Waals surface area contributed by atoms with Crippen molar-refractivity contribution in [2.24, 2.45) is 0 Å². The number of aromatic nitrogens is 1. The quantitative estimate of drug-likeness (QED) is 0.340. The molecule has 0 radical (unpaired) electrons. The summed E-state index contributed by atoms with van der Waals surface area (Å²) in [6.45, 7) is 2.79. The van der Waals surface area contributed by atoms with Gasteiger partial charge < -0.3 is 10.3 Å². The standard InChI is InChI=1S/C27H27ClN2O/c1-2-20-9-6-10-23-25(18-30-27(20)23)24(21-11-13-22(28)14-12-21)17-26(31)29-16-15-19-7-4-3-5-8-19/h3-14,18,24,30H,2,15-17H2,1H3,(H,29,31). The summed E-state index contributed by atoms with van der Waals surface area (Å²) < 4.78 is 0.